The van der Waals surface area contributed by atoms with Crippen molar-refractivity contribution in [2.24, 2.45) is 14.1 Å². The molecule has 2 unspecified atom stereocenters. The maximum Gasteiger partial charge on any atom is 0.352 e. The summed E-state index contributed by atoms with van der Waals surface area (Å²) >= 11 is 2.51. The van der Waals surface area contributed by atoms with Crippen molar-refractivity contribution in [3.63, 3.8) is 0 Å². The third-order valence-corrected chi connectivity index (χ3v) is 9.35. The summed E-state index contributed by atoms with van der Waals surface area (Å²) in [5.74, 6) is -2.00. The molecular formula is C25H27N11O7S2. The number of carboxylic acid groups (broad SMARTS) is 1. The third-order valence-electron chi connectivity index (χ3n) is 6.91. The number of nitrogens with one attached hydrogen (secondary N) is 4. The highest BCUT2D eigenvalue weighted by Crippen LogP contribution is 2.41. The molecule has 0 aliphatic carbocycles. The van der Waals surface area contributed by atoms with Crippen LogP contribution in [0.4, 0.5) is 16.4 Å². The van der Waals surface area contributed by atoms with Crippen LogP contribution in [0.25, 0.3) is 0 Å². The first-order valence-corrected chi connectivity index (χ1v) is 15.2. The van der Waals surface area contributed by atoms with E-state index in [9.17, 15) is 34.2 Å². The minimum absolute atomic E-state index is 0.0811. The first-order chi connectivity index (χ1) is 21.5. The zero-order chi connectivity index (χ0) is 32.4. The van der Waals surface area contributed by atoms with Gasteiger partial charge < -0.3 is 31.5 Å². The minimum atomic E-state index is -1.36. The van der Waals surface area contributed by atoms with Gasteiger partial charge in [0.1, 0.15) is 34.6 Å². The number of rotatable bonds is 10. The van der Waals surface area contributed by atoms with Crippen LogP contribution in [-0.2, 0) is 28.5 Å². The number of thioether (sulfide) groups is 2. The van der Waals surface area contributed by atoms with Gasteiger partial charge in [-0.2, -0.15) is 0 Å². The molecule has 2 aliphatic heterocycles. The highest BCUT2D eigenvalue weighted by molar-refractivity contribution is 8.01. The number of fused-ring (bicyclic) bond motifs is 1. The number of urea groups is 1. The number of carbonyl (C=O) groups is 4. The van der Waals surface area contributed by atoms with E-state index in [2.05, 4.69) is 41.8 Å². The summed E-state index contributed by atoms with van der Waals surface area (Å²) in [7, 11) is 4.69. The Labute approximate surface area is 262 Å². The molecule has 236 valence electrons. The van der Waals surface area contributed by atoms with Crippen molar-refractivity contribution in [3.05, 3.63) is 57.6 Å². The van der Waals surface area contributed by atoms with Crippen LogP contribution in [0.3, 0.4) is 0 Å². The molecule has 2 aromatic heterocycles. The second-order valence-corrected chi connectivity index (χ2v) is 11.8. The van der Waals surface area contributed by atoms with Crippen molar-refractivity contribution in [2.75, 3.05) is 29.2 Å². The first-order valence-electron chi connectivity index (χ1n) is 13.2. The van der Waals surface area contributed by atoms with Gasteiger partial charge in [0, 0.05) is 32.6 Å². The van der Waals surface area contributed by atoms with Crippen LogP contribution in [0.5, 0.6) is 5.75 Å². The monoisotopic (exact) mass is 657 g/mol. The number of aromatic nitrogens is 6. The smallest absolute Gasteiger partial charge is 0.352 e. The Balaban J connectivity index is 1.32. The lowest BCUT2D eigenvalue weighted by Gasteiger charge is -2.49. The Kier molecular flexibility index (Phi) is 8.95. The number of hydrogen-bond acceptors (Lipinski definition) is 13. The number of aromatic hydroxyl groups is 1. The van der Waals surface area contributed by atoms with Crippen molar-refractivity contribution in [1.29, 1.82) is 0 Å². The largest absolute Gasteiger partial charge is 0.508 e. The van der Waals surface area contributed by atoms with Gasteiger partial charge in [-0.3, -0.25) is 23.9 Å². The van der Waals surface area contributed by atoms with Gasteiger partial charge in [0.25, 0.3) is 11.5 Å². The van der Waals surface area contributed by atoms with Crippen LogP contribution < -0.4 is 26.8 Å². The fraction of sp³-hybridized carbons (Fsp3) is 0.320. The number of β-lactam (4-membered cyclic amide) rings is 1. The van der Waals surface area contributed by atoms with Gasteiger partial charge in [0.05, 0.1) is 6.20 Å². The molecule has 2 aliphatic rings. The number of aliphatic carboxylic acids is 1. The lowest BCUT2D eigenvalue weighted by atomic mass is 10.0. The Morgan fingerprint density at radius 1 is 1.18 bits per heavy atom. The fourth-order valence-corrected chi connectivity index (χ4v) is 6.98. The van der Waals surface area contributed by atoms with Crippen LogP contribution in [0.2, 0.25) is 0 Å². The van der Waals surface area contributed by atoms with Crippen molar-refractivity contribution >= 4 is 59.0 Å². The lowest BCUT2D eigenvalue weighted by Crippen LogP contribution is -2.71. The van der Waals surface area contributed by atoms with Gasteiger partial charge in [-0.15, -0.1) is 16.9 Å². The van der Waals surface area contributed by atoms with Crippen molar-refractivity contribution in [3.8, 4) is 5.75 Å². The van der Waals surface area contributed by atoms with Crippen molar-refractivity contribution in [1.82, 2.24) is 45.3 Å². The number of phenolic OH excluding ortho intramolecular Hbond substituents is 1. The summed E-state index contributed by atoms with van der Waals surface area (Å²) in [6.45, 7) is 0. The molecule has 3 aromatic rings. The van der Waals surface area contributed by atoms with Crippen LogP contribution in [0.1, 0.15) is 11.6 Å². The zero-order valence-corrected chi connectivity index (χ0v) is 25.5. The molecule has 0 spiro atoms. The molecule has 0 radical (unpaired) electrons. The summed E-state index contributed by atoms with van der Waals surface area (Å²) in [4.78, 5) is 69.8. The van der Waals surface area contributed by atoms with Gasteiger partial charge in [-0.05, 0) is 33.7 Å². The first kappa shape index (κ1) is 31.3. The van der Waals surface area contributed by atoms with E-state index < -0.39 is 46.8 Å². The number of carbonyl (C=O) groups excluding carboxylic acids is 3. The molecule has 20 heteroatoms. The summed E-state index contributed by atoms with van der Waals surface area (Å²) in [6.07, 6.45) is 1.16. The number of amides is 4. The number of tetrazole rings is 1. The number of carboxylic acids is 1. The van der Waals surface area contributed by atoms with Crippen LogP contribution in [-0.4, -0.2) is 98.7 Å². The predicted molar refractivity (Wildman–Crippen MR) is 161 cm³/mol. The van der Waals surface area contributed by atoms with Gasteiger partial charge in [-0.25, -0.2) is 19.3 Å². The number of nitrogens with zero attached hydrogens (tertiary/aromatic N) is 7. The SMILES string of the molecule is CNc1ncc(NC(=O)NC(C(=O)NC2C(=O)N3C(C(=O)O)=C(CSc4nnnn4C)CS[C@@H]23)c2ccc(O)cc2)c(=O)n1C. The fourth-order valence-electron chi connectivity index (χ4n) is 4.65. The molecule has 4 heterocycles. The van der Waals surface area contributed by atoms with E-state index in [4.69, 9.17) is 0 Å². The molecule has 0 bridgehead atoms. The second kappa shape index (κ2) is 12.9. The second-order valence-electron chi connectivity index (χ2n) is 9.76. The number of benzene rings is 1. The summed E-state index contributed by atoms with van der Waals surface area (Å²) < 4.78 is 2.63. The Hall–Kier alpha value is -5.11. The molecule has 18 nitrogen and oxygen atoms in total. The van der Waals surface area contributed by atoms with E-state index in [-0.39, 0.29) is 40.2 Å². The molecule has 1 aromatic carbocycles. The lowest BCUT2D eigenvalue weighted by molar-refractivity contribution is -0.150. The van der Waals surface area contributed by atoms with E-state index in [1.807, 2.05) is 0 Å². The average molecular weight is 658 g/mol. The molecule has 45 heavy (non-hydrogen) atoms. The number of phenols is 1. The van der Waals surface area contributed by atoms with E-state index in [1.165, 1.54) is 64.1 Å². The topological polar surface area (TPSA) is 239 Å². The Morgan fingerprint density at radius 2 is 1.91 bits per heavy atom. The molecule has 0 saturated carbocycles. The quantitative estimate of drug-likeness (QED) is 0.118. The number of aryl methyl sites for hydroxylation is 1. The summed E-state index contributed by atoms with van der Waals surface area (Å²) in [5.41, 5.74) is -0.110. The molecule has 3 atom stereocenters. The number of anilines is 2. The van der Waals surface area contributed by atoms with Crippen LogP contribution in [0, 0.1) is 0 Å². The number of hydrogen-bond donors (Lipinski definition) is 6. The van der Waals surface area contributed by atoms with Gasteiger partial charge in [0.2, 0.25) is 17.0 Å². The standard InChI is InChI=1S/C25H27N11O7S2/c1-26-23-27-8-14(19(39)34(23)2)28-24(43)30-15(11-4-6-13(37)7-5-11)18(38)29-16-20(40)36-17(22(41)42)12(9-44-21(16)36)10-45-25-31-32-33-35(25)3/h4-8,15-16,21,37H,9-10H2,1-3H3,(H,26,27)(H,29,38)(H,41,42)(H2,28,30,43)/t15?,16?,21-/m0/s1. The zero-order valence-electron chi connectivity index (χ0n) is 23.9. The Bertz CT molecular complexity index is 1760. The highest BCUT2D eigenvalue weighted by atomic mass is 32.2. The molecule has 4 amide bonds. The van der Waals surface area contributed by atoms with Gasteiger partial charge >= 0.3 is 12.0 Å². The van der Waals surface area contributed by atoms with Crippen LogP contribution >= 0.6 is 23.5 Å². The highest BCUT2D eigenvalue weighted by Gasteiger charge is 2.54. The Morgan fingerprint density at radius 3 is 2.56 bits per heavy atom. The summed E-state index contributed by atoms with van der Waals surface area (Å²) in [5, 5.41) is 40.9. The molecular weight excluding hydrogens is 630 g/mol. The summed E-state index contributed by atoms with van der Waals surface area (Å²) in [6, 6.07) is 2.10. The van der Waals surface area contributed by atoms with Gasteiger partial charge in [-0.1, -0.05) is 23.9 Å². The van der Waals surface area contributed by atoms with E-state index in [1.54, 1.807) is 14.1 Å². The van der Waals surface area contributed by atoms with E-state index in [0.717, 1.165) is 11.1 Å². The van der Waals surface area contributed by atoms with E-state index >= 15 is 0 Å². The minimum Gasteiger partial charge on any atom is -0.508 e. The molecule has 6 N–H and O–H groups in total. The molecule has 5 rings (SSSR count). The van der Waals surface area contributed by atoms with E-state index in [0.29, 0.717) is 10.7 Å². The molecule has 1 saturated heterocycles. The van der Waals surface area contributed by atoms with Crippen LogP contribution in [0.15, 0.2) is 51.7 Å². The van der Waals surface area contributed by atoms with Crippen molar-refractivity contribution in [2.45, 2.75) is 22.6 Å². The predicted octanol–water partition coefficient (Wildman–Crippen LogP) is -0.555. The third kappa shape index (κ3) is 6.27. The van der Waals surface area contributed by atoms with Gasteiger partial charge in [0.15, 0.2) is 0 Å². The maximum absolute atomic E-state index is 13.6. The molecule has 1 fully saturated rings. The van der Waals surface area contributed by atoms with Crippen molar-refractivity contribution < 1.29 is 29.4 Å². The average Bonchev–Trinajstić information content (AvgIpc) is 3.44. The normalized spacial score (nSPS) is 18.0. The maximum atomic E-state index is 13.6.